The molecule has 2 rings (SSSR count). The van der Waals surface area contributed by atoms with E-state index in [-0.39, 0.29) is 0 Å². The Bertz CT molecular complexity index is 522. The van der Waals surface area contributed by atoms with Gasteiger partial charge in [0.25, 0.3) is 0 Å². The van der Waals surface area contributed by atoms with E-state index in [1.54, 1.807) is 17.0 Å². The highest BCUT2D eigenvalue weighted by atomic mass is 16.1. The Labute approximate surface area is 99.8 Å². The lowest BCUT2D eigenvalue weighted by atomic mass is 9.84. The van der Waals surface area contributed by atoms with Gasteiger partial charge < -0.3 is 11.5 Å². The van der Waals surface area contributed by atoms with Crippen molar-refractivity contribution in [2.24, 2.45) is 18.5 Å². The van der Waals surface area contributed by atoms with Crippen LogP contribution < -0.4 is 11.5 Å². The van der Waals surface area contributed by atoms with Gasteiger partial charge in [-0.2, -0.15) is 5.10 Å². The molecule has 1 aromatic rings. The topological polar surface area (TPSA) is 86.9 Å². The van der Waals surface area contributed by atoms with Gasteiger partial charge >= 0.3 is 0 Å². The van der Waals surface area contributed by atoms with Crippen LogP contribution in [0.25, 0.3) is 5.57 Å². The van der Waals surface area contributed by atoms with Crippen molar-refractivity contribution in [3.63, 3.8) is 0 Å². The number of hydrogen-bond donors (Lipinski definition) is 2. The van der Waals surface area contributed by atoms with Crippen molar-refractivity contribution in [2.75, 3.05) is 0 Å². The number of primary amides is 1. The van der Waals surface area contributed by atoms with Gasteiger partial charge in [0.15, 0.2) is 0 Å². The molecule has 90 valence electrons. The molecule has 5 nitrogen and oxygen atoms in total. The number of rotatable bonds is 2. The molecule has 17 heavy (non-hydrogen) atoms. The average molecular weight is 232 g/mol. The van der Waals surface area contributed by atoms with Crippen molar-refractivity contribution < 1.29 is 4.79 Å². The van der Waals surface area contributed by atoms with Crippen molar-refractivity contribution in [1.82, 2.24) is 9.78 Å². The molecule has 0 bridgehead atoms. The molecule has 1 unspecified atom stereocenters. The number of aromatic nitrogens is 2. The monoisotopic (exact) mass is 232 g/mol. The predicted octanol–water partition coefficient (Wildman–Crippen LogP) is 0.336. The SMILES string of the molecule is Cn1cc(C2=CC(C)(N)CC(C(N)=O)=C2)cn1. The van der Waals surface area contributed by atoms with Crippen LogP contribution in [0.2, 0.25) is 0 Å². The number of carbonyl (C=O) groups excluding carboxylic acids is 1. The number of allylic oxidation sites excluding steroid dienone is 2. The number of carbonyl (C=O) groups is 1. The summed E-state index contributed by atoms with van der Waals surface area (Å²) in [4.78, 5) is 11.3. The molecule has 1 amide bonds. The molecule has 1 heterocycles. The Morgan fingerprint density at radius 2 is 2.29 bits per heavy atom. The first-order valence-electron chi connectivity index (χ1n) is 5.38. The average Bonchev–Trinajstić information content (AvgIpc) is 2.62. The van der Waals surface area contributed by atoms with Gasteiger partial charge in [-0.15, -0.1) is 0 Å². The Morgan fingerprint density at radius 3 is 2.82 bits per heavy atom. The summed E-state index contributed by atoms with van der Waals surface area (Å²) in [5, 5.41) is 4.10. The normalized spacial score (nSPS) is 24.2. The van der Waals surface area contributed by atoms with Crippen molar-refractivity contribution in [3.8, 4) is 0 Å². The smallest absolute Gasteiger partial charge is 0.244 e. The first kappa shape index (κ1) is 11.6. The fourth-order valence-electron chi connectivity index (χ4n) is 1.99. The highest BCUT2D eigenvalue weighted by Crippen LogP contribution is 2.29. The summed E-state index contributed by atoms with van der Waals surface area (Å²) in [5.74, 6) is -0.420. The minimum absolute atomic E-state index is 0.420. The summed E-state index contributed by atoms with van der Waals surface area (Å²) in [6.07, 6.45) is 7.81. The molecule has 1 aliphatic carbocycles. The van der Waals surface area contributed by atoms with E-state index in [0.717, 1.165) is 11.1 Å². The fraction of sp³-hybridized carbons (Fsp3) is 0.333. The van der Waals surface area contributed by atoms with E-state index in [1.807, 2.05) is 26.2 Å². The number of nitrogens with zero attached hydrogens (tertiary/aromatic N) is 2. The summed E-state index contributed by atoms with van der Waals surface area (Å²) in [6.45, 7) is 1.87. The van der Waals surface area contributed by atoms with Crippen molar-refractivity contribution in [1.29, 1.82) is 0 Å². The molecule has 4 N–H and O–H groups in total. The lowest BCUT2D eigenvalue weighted by molar-refractivity contribution is -0.114. The Balaban J connectivity index is 2.44. The summed E-state index contributed by atoms with van der Waals surface area (Å²) in [7, 11) is 1.84. The molecular weight excluding hydrogens is 216 g/mol. The Hall–Kier alpha value is -1.88. The van der Waals surface area contributed by atoms with Crippen LogP contribution in [0, 0.1) is 0 Å². The Kier molecular flexibility index (Phi) is 2.63. The summed E-state index contributed by atoms with van der Waals surface area (Å²) in [5.41, 5.74) is 13.2. The molecule has 5 heteroatoms. The van der Waals surface area contributed by atoms with Crippen LogP contribution in [0.15, 0.2) is 30.1 Å². The van der Waals surface area contributed by atoms with Gasteiger partial charge in [-0.25, -0.2) is 0 Å². The third-order valence-corrected chi connectivity index (χ3v) is 2.74. The Morgan fingerprint density at radius 1 is 1.59 bits per heavy atom. The molecule has 0 aliphatic heterocycles. The highest BCUT2D eigenvalue weighted by molar-refractivity contribution is 5.96. The second-order valence-electron chi connectivity index (χ2n) is 4.72. The number of aryl methyl sites for hydroxylation is 1. The molecule has 0 aromatic carbocycles. The van der Waals surface area contributed by atoms with Crippen molar-refractivity contribution in [3.05, 3.63) is 35.7 Å². The maximum Gasteiger partial charge on any atom is 0.244 e. The zero-order chi connectivity index (χ0) is 12.6. The zero-order valence-electron chi connectivity index (χ0n) is 9.97. The van der Waals surface area contributed by atoms with Crippen LogP contribution in [0.5, 0.6) is 0 Å². The van der Waals surface area contributed by atoms with E-state index in [9.17, 15) is 4.79 Å². The van der Waals surface area contributed by atoms with Crippen LogP contribution in [-0.4, -0.2) is 21.2 Å². The predicted molar refractivity (Wildman–Crippen MR) is 65.7 cm³/mol. The second-order valence-corrected chi connectivity index (χ2v) is 4.72. The molecule has 0 fully saturated rings. The summed E-state index contributed by atoms with van der Waals surface area (Å²) in [6, 6.07) is 0. The maximum atomic E-state index is 11.3. The van der Waals surface area contributed by atoms with Crippen LogP contribution >= 0.6 is 0 Å². The van der Waals surface area contributed by atoms with E-state index in [4.69, 9.17) is 11.5 Å². The van der Waals surface area contributed by atoms with E-state index in [0.29, 0.717) is 12.0 Å². The number of amides is 1. The van der Waals surface area contributed by atoms with E-state index in [1.165, 1.54) is 0 Å². The number of nitrogens with two attached hydrogens (primary N) is 2. The lowest BCUT2D eigenvalue weighted by Crippen LogP contribution is -2.38. The maximum absolute atomic E-state index is 11.3. The molecule has 1 aliphatic rings. The minimum Gasteiger partial charge on any atom is -0.366 e. The second kappa shape index (κ2) is 3.85. The van der Waals surface area contributed by atoms with Crippen LogP contribution in [0.3, 0.4) is 0 Å². The fourth-order valence-corrected chi connectivity index (χ4v) is 1.99. The molecule has 1 atom stereocenters. The summed E-state index contributed by atoms with van der Waals surface area (Å²) >= 11 is 0. The third-order valence-electron chi connectivity index (χ3n) is 2.74. The van der Waals surface area contributed by atoms with Gasteiger partial charge in [-0.1, -0.05) is 6.08 Å². The minimum atomic E-state index is -0.551. The van der Waals surface area contributed by atoms with Gasteiger partial charge in [-0.3, -0.25) is 9.48 Å². The van der Waals surface area contributed by atoms with Crippen LogP contribution in [0.1, 0.15) is 18.9 Å². The molecule has 1 aromatic heterocycles. The molecule has 0 saturated carbocycles. The van der Waals surface area contributed by atoms with E-state index >= 15 is 0 Å². The van der Waals surface area contributed by atoms with E-state index < -0.39 is 11.4 Å². The largest absolute Gasteiger partial charge is 0.366 e. The molecule has 0 saturated heterocycles. The number of hydrogen-bond acceptors (Lipinski definition) is 3. The lowest BCUT2D eigenvalue weighted by Gasteiger charge is -2.26. The summed E-state index contributed by atoms with van der Waals surface area (Å²) < 4.78 is 1.70. The molecular formula is C12H16N4O. The van der Waals surface area contributed by atoms with Gasteiger partial charge in [0.05, 0.1) is 6.20 Å². The first-order chi connectivity index (χ1) is 7.87. The highest BCUT2D eigenvalue weighted by Gasteiger charge is 2.25. The van der Waals surface area contributed by atoms with Crippen molar-refractivity contribution >= 4 is 11.5 Å². The van der Waals surface area contributed by atoms with Gasteiger partial charge in [0, 0.05) is 29.9 Å². The van der Waals surface area contributed by atoms with Crippen molar-refractivity contribution in [2.45, 2.75) is 18.9 Å². The van der Waals surface area contributed by atoms with Crippen LogP contribution in [0.4, 0.5) is 0 Å². The zero-order valence-corrected chi connectivity index (χ0v) is 9.97. The first-order valence-corrected chi connectivity index (χ1v) is 5.38. The third kappa shape index (κ3) is 2.45. The molecule has 0 spiro atoms. The van der Waals surface area contributed by atoms with Gasteiger partial charge in [0.1, 0.15) is 0 Å². The quantitative estimate of drug-likeness (QED) is 0.770. The molecule has 0 radical (unpaired) electrons. The van der Waals surface area contributed by atoms with E-state index in [2.05, 4.69) is 5.10 Å². The standard InChI is InChI=1S/C12H16N4O/c1-12(14)4-8(3-9(5-12)11(13)17)10-6-15-16(2)7-10/h3-4,6-7H,5,14H2,1-2H3,(H2,13,17). The van der Waals surface area contributed by atoms with Gasteiger partial charge in [0.2, 0.25) is 5.91 Å². The van der Waals surface area contributed by atoms with Crippen LogP contribution in [-0.2, 0) is 11.8 Å². The van der Waals surface area contributed by atoms with Gasteiger partial charge in [-0.05, 0) is 25.0 Å².